The number of nitrogens with zero attached hydrogens (tertiary/aromatic N) is 2. The minimum Gasteiger partial charge on any atom is -0.356 e. The SMILES string of the molecule is O=C(Cn1c(CCCNC(=O)C2CC2)nc2ccccc21)Nc1cccc(Cl)c1. The number of amides is 2. The highest BCUT2D eigenvalue weighted by atomic mass is 35.5. The quantitative estimate of drug-likeness (QED) is 0.555. The fraction of sp³-hybridized carbons (Fsp3) is 0.318. The number of fused-ring (bicyclic) bond motifs is 1. The molecular formula is C22H23ClN4O2. The van der Waals surface area contributed by atoms with Crippen molar-refractivity contribution in [1.29, 1.82) is 0 Å². The summed E-state index contributed by atoms with van der Waals surface area (Å²) in [5.41, 5.74) is 2.45. The summed E-state index contributed by atoms with van der Waals surface area (Å²) < 4.78 is 1.94. The van der Waals surface area contributed by atoms with Gasteiger partial charge in [0, 0.05) is 29.6 Å². The first-order valence-electron chi connectivity index (χ1n) is 9.87. The van der Waals surface area contributed by atoms with E-state index in [4.69, 9.17) is 16.6 Å². The highest BCUT2D eigenvalue weighted by Crippen LogP contribution is 2.28. The molecule has 2 amide bonds. The number of para-hydroxylation sites is 2. The van der Waals surface area contributed by atoms with Crippen LogP contribution >= 0.6 is 11.6 Å². The smallest absolute Gasteiger partial charge is 0.244 e. The second-order valence-corrected chi connectivity index (χ2v) is 7.77. The first-order chi connectivity index (χ1) is 14.1. The lowest BCUT2D eigenvalue weighted by molar-refractivity contribution is -0.122. The molecule has 150 valence electrons. The minimum absolute atomic E-state index is 0.140. The van der Waals surface area contributed by atoms with Crippen molar-refractivity contribution in [3.63, 3.8) is 0 Å². The predicted molar refractivity (Wildman–Crippen MR) is 114 cm³/mol. The lowest BCUT2D eigenvalue weighted by Gasteiger charge is -2.11. The maximum Gasteiger partial charge on any atom is 0.244 e. The minimum atomic E-state index is -0.140. The molecule has 0 atom stereocenters. The number of anilines is 1. The number of halogens is 1. The third kappa shape index (κ3) is 4.95. The van der Waals surface area contributed by atoms with Crippen LogP contribution in [0.5, 0.6) is 0 Å². The Kier molecular flexibility index (Phi) is 5.81. The van der Waals surface area contributed by atoms with Gasteiger partial charge in [-0.05, 0) is 49.6 Å². The molecule has 0 radical (unpaired) electrons. The highest BCUT2D eigenvalue weighted by molar-refractivity contribution is 6.30. The normalized spacial score (nSPS) is 13.4. The van der Waals surface area contributed by atoms with E-state index in [2.05, 4.69) is 10.6 Å². The number of benzene rings is 2. The largest absolute Gasteiger partial charge is 0.356 e. The zero-order valence-electron chi connectivity index (χ0n) is 16.0. The molecule has 1 saturated carbocycles. The van der Waals surface area contributed by atoms with Gasteiger partial charge in [-0.2, -0.15) is 0 Å². The summed E-state index contributed by atoms with van der Waals surface area (Å²) in [5.74, 6) is 1.07. The molecule has 0 bridgehead atoms. The number of hydrogen-bond donors (Lipinski definition) is 2. The molecule has 1 fully saturated rings. The van der Waals surface area contributed by atoms with E-state index < -0.39 is 0 Å². The van der Waals surface area contributed by atoms with E-state index in [1.165, 1.54) is 0 Å². The summed E-state index contributed by atoms with van der Waals surface area (Å²) in [6.07, 6.45) is 3.47. The van der Waals surface area contributed by atoms with Crippen LogP contribution in [0.1, 0.15) is 25.1 Å². The van der Waals surface area contributed by atoms with E-state index in [0.717, 1.165) is 36.1 Å². The fourth-order valence-corrected chi connectivity index (χ4v) is 3.54. The summed E-state index contributed by atoms with van der Waals surface area (Å²) in [6.45, 7) is 0.782. The molecule has 1 heterocycles. The molecule has 0 unspecified atom stereocenters. The molecular weight excluding hydrogens is 388 g/mol. The number of hydrogen-bond acceptors (Lipinski definition) is 3. The van der Waals surface area contributed by atoms with Gasteiger partial charge in [0.1, 0.15) is 12.4 Å². The van der Waals surface area contributed by atoms with Gasteiger partial charge in [0.25, 0.3) is 0 Å². The van der Waals surface area contributed by atoms with Crippen molar-refractivity contribution in [2.45, 2.75) is 32.2 Å². The topological polar surface area (TPSA) is 76.0 Å². The average molecular weight is 411 g/mol. The van der Waals surface area contributed by atoms with Crippen LogP contribution in [0, 0.1) is 5.92 Å². The van der Waals surface area contributed by atoms with E-state index in [0.29, 0.717) is 23.7 Å². The number of rotatable bonds is 8. The molecule has 2 N–H and O–H groups in total. The second kappa shape index (κ2) is 8.66. The Morgan fingerprint density at radius 1 is 1.14 bits per heavy atom. The van der Waals surface area contributed by atoms with Crippen LogP contribution < -0.4 is 10.6 Å². The maximum atomic E-state index is 12.6. The second-order valence-electron chi connectivity index (χ2n) is 7.33. The fourth-order valence-electron chi connectivity index (χ4n) is 3.35. The third-order valence-electron chi connectivity index (χ3n) is 4.97. The van der Waals surface area contributed by atoms with Crippen LogP contribution in [-0.4, -0.2) is 27.9 Å². The van der Waals surface area contributed by atoms with Gasteiger partial charge in [0.05, 0.1) is 11.0 Å². The van der Waals surface area contributed by atoms with Crippen molar-refractivity contribution in [3.05, 3.63) is 59.4 Å². The van der Waals surface area contributed by atoms with E-state index in [1.807, 2.05) is 28.8 Å². The monoisotopic (exact) mass is 410 g/mol. The Labute approximate surface area is 174 Å². The Bertz CT molecular complexity index is 1040. The van der Waals surface area contributed by atoms with Crippen LogP contribution in [0.15, 0.2) is 48.5 Å². The van der Waals surface area contributed by atoms with Crippen LogP contribution in [0.3, 0.4) is 0 Å². The summed E-state index contributed by atoms with van der Waals surface area (Å²) in [7, 11) is 0. The first kappa shape index (κ1) is 19.5. The molecule has 1 aliphatic rings. The average Bonchev–Trinajstić information content (AvgIpc) is 3.49. The van der Waals surface area contributed by atoms with Crippen LogP contribution in [0.4, 0.5) is 5.69 Å². The number of carbonyl (C=O) groups excluding carboxylic acids is 2. The van der Waals surface area contributed by atoms with Crippen molar-refractivity contribution in [3.8, 4) is 0 Å². The summed E-state index contributed by atoms with van der Waals surface area (Å²) in [5, 5.41) is 6.44. The van der Waals surface area contributed by atoms with E-state index in [9.17, 15) is 9.59 Å². The lowest BCUT2D eigenvalue weighted by Crippen LogP contribution is -2.26. The van der Waals surface area contributed by atoms with Crippen molar-refractivity contribution in [1.82, 2.24) is 14.9 Å². The Hall–Kier alpha value is -2.86. The molecule has 0 aliphatic heterocycles. The van der Waals surface area contributed by atoms with Crippen molar-refractivity contribution in [2.75, 3.05) is 11.9 Å². The molecule has 0 saturated heterocycles. The zero-order chi connectivity index (χ0) is 20.2. The number of nitrogens with one attached hydrogen (secondary N) is 2. The standard InChI is InChI=1S/C22H23ClN4O2/c23-16-5-3-6-17(13-16)25-21(28)14-27-19-8-2-1-7-18(19)26-20(27)9-4-12-24-22(29)15-10-11-15/h1-3,5-8,13,15H,4,9-12,14H2,(H,24,29)(H,25,28). The molecule has 7 heteroatoms. The molecule has 0 spiro atoms. The molecule has 1 aromatic heterocycles. The van der Waals surface area contributed by atoms with Crippen molar-refractivity contribution < 1.29 is 9.59 Å². The van der Waals surface area contributed by atoms with Crippen LogP contribution in [0.25, 0.3) is 11.0 Å². The van der Waals surface area contributed by atoms with Gasteiger partial charge in [-0.1, -0.05) is 29.8 Å². The molecule has 6 nitrogen and oxygen atoms in total. The summed E-state index contributed by atoms with van der Waals surface area (Å²) >= 11 is 5.99. The highest BCUT2D eigenvalue weighted by Gasteiger charge is 2.29. The van der Waals surface area contributed by atoms with E-state index in [-0.39, 0.29) is 24.3 Å². The van der Waals surface area contributed by atoms with Crippen LogP contribution in [0.2, 0.25) is 5.02 Å². The van der Waals surface area contributed by atoms with E-state index in [1.54, 1.807) is 24.3 Å². The molecule has 2 aromatic carbocycles. The van der Waals surface area contributed by atoms with Gasteiger partial charge < -0.3 is 15.2 Å². The number of carbonyl (C=O) groups is 2. The number of aromatic nitrogens is 2. The molecule has 3 aromatic rings. The number of imidazole rings is 1. The van der Waals surface area contributed by atoms with Gasteiger partial charge in [0.2, 0.25) is 11.8 Å². The number of aryl methyl sites for hydroxylation is 1. The molecule has 4 rings (SSSR count). The van der Waals surface area contributed by atoms with Gasteiger partial charge in [0.15, 0.2) is 0 Å². The van der Waals surface area contributed by atoms with Gasteiger partial charge >= 0.3 is 0 Å². The Morgan fingerprint density at radius 2 is 1.97 bits per heavy atom. The Morgan fingerprint density at radius 3 is 2.76 bits per heavy atom. The van der Waals surface area contributed by atoms with Gasteiger partial charge in [-0.3, -0.25) is 9.59 Å². The van der Waals surface area contributed by atoms with E-state index >= 15 is 0 Å². The Balaban J connectivity index is 1.44. The maximum absolute atomic E-state index is 12.6. The summed E-state index contributed by atoms with van der Waals surface area (Å²) in [6, 6.07) is 14.9. The third-order valence-corrected chi connectivity index (χ3v) is 5.20. The zero-order valence-corrected chi connectivity index (χ0v) is 16.8. The van der Waals surface area contributed by atoms with Crippen molar-refractivity contribution in [2.24, 2.45) is 5.92 Å². The van der Waals surface area contributed by atoms with Crippen molar-refractivity contribution >= 4 is 40.1 Å². The predicted octanol–water partition coefficient (Wildman–Crippen LogP) is 3.79. The molecule has 29 heavy (non-hydrogen) atoms. The van der Waals surface area contributed by atoms with Crippen LogP contribution in [-0.2, 0) is 22.6 Å². The molecule has 1 aliphatic carbocycles. The van der Waals surface area contributed by atoms with Gasteiger partial charge in [-0.15, -0.1) is 0 Å². The lowest BCUT2D eigenvalue weighted by atomic mass is 10.2. The first-order valence-corrected chi connectivity index (χ1v) is 10.3. The summed E-state index contributed by atoms with van der Waals surface area (Å²) in [4.78, 5) is 29.1. The van der Waals surface area contributed by atoms with Gasteiger partial charge in [-0.25, -0.2) is 4.98 Å².